The highest BCUT2D eigenvalue weighted by molar-refractivity contribution is 7.92. The maximum absolute atomic E-state index is 13.2. The van der Waals surface area contributed by atoms with Crippen LogP contribution in [0.15, 0.2) is 71.6 Å². The molecular weight excluding hydrogens is 472 g/mol. The van der Waals surface area contributed by atoms with E-state index in [1.54, 1.807) is 30.3 Å². The van der Waals surface area contributed by atoms with Crippen molar-refractivity contribution in [2.45, 2.75) is 17.4 Å². The van der Waals surface area contributed by atoms with E-state index >= 15 is 0 Å². The molecule has 182 valence electrons. The molecule has 0 saturated carbocycles. The number of rotatable bonds is 8. The normalized spacial score (nSPS) is 14.9. The van der Waals surface area contributed by atoms with Crippen molar-refractivity contribution in [3.05, 3.63) is 77.9 Å². The van der Waals surface area contributed by atoms with Gasteiger partial charge in [-0.2, -0.15) is 0 Å². The van der Waals surface area contributed by atoms with E-state index in [1.165, 1.54) is 28.6 Å². The van der Waals surface area contributed by atoms with Crippen LogP contribution in [0, 0.1) is 0 Å². The molecule has 0 aromatic heterocycles. The Morgan fingerprint density at radius 3 is 2.77 bits per heavy atom. The van der Waals surface area contributed by atoms with E-state index in [4.69, 9.17) is 14.2 Å². The van der Waals surface area contributed by atoms with Crippen LogP contribution in [0.1, 0.15) is 15.9 Å². The van der Waals surface area contributed by atoms with Crippen LogP contribution in [-0.2, 0) is 16.4 Å². The summed E-state index contributed by atoms with van der Waals surface area (Å²) in [6, 6.07) is 18.3. The second-order valence-electron chi connectivity index (χ2n) is 8.17. The van der Waals surface area contributed by atoms with Crippen molar-refractivity contribution < 1.29 is 32.5 Å². The first kappa shape index (κ1) is 23.0. The molecule has 2 aliphatic rings. The lowest BCUT2D eigenvalue weighted by Crippen LogP contribution is -2.35. The molecule has 0 aliphatic carbocycles. The highest BCUT2D eigenvalue weighted by atomic mass is 32.2. The van der Waals surface area contributed by atoms with E-state index in [2.05, 4.69) is 5.32 Å². The van der Waals surface area contributed by atoms with E-state index < -0.39 is 22.0 Å². The van der Waals surface area contributed by atoms with Gasteiger partial charge in [0.25, 0.3) is 15.9 Å². The number of hydrogen-bond donors (Lipinski definition) is 2. The van der Waals surface area contributed by atoms with Crippen molar-refractivity contribution in [1.29, 1.82) is 0 Å². The molecule has 3 aromatic carbocycles. The smallest absolute Gasteiger partial charge is 0.264 e. The Bertz CT molecular complexity index is 1360. The van der Waals surface area contributed by atoms with Gasteiger partial charge in [-0.15, -0.1) is 0 Å². The lowest BCUT2D eigenvalue weighted by molar-refractivity contribution is 0.0843. The van der Waals surface area contributed by atoms with Crippen LogP contribution in [-0.4, -0.2) is 52.0 Å². The minimum atomic E-state index is -3.82. The quantitative estimate of drug-likeness (QED) is 0.492. The molecule has 0 radical (unpaired) electrons. The van der Waals surface area contributed by atoms with Crippen LogP contribution in [0.2, 0.25) is 0 Å². The monoisotopic (exact) mass is 496 g/mol. The van der Waals surface area contributed by atoms with Crippen LogP contribution in [0.4, 0.5) is 5.69 Å². The summed E-state index contributed by atoms with van der Waals surface area (Å²) in [5.41, 5.74) is 1.82. The Morgan fingerprint density at radius 2 is 1.89 bits per heavy atom. The molecular formula is C25H24N2O7S. The number of aliphatic hydroxyl groups excluding tert-OH is 1. The zero-order valence-corrected chi connectivity index (χ0v) is 19.5. The lowest BCUT2D eigenvalue weighted by atomic mass is 10.2. The van der Waals surface area contributed by atoms with Crippen LogP contribution < -0.4 is 23.8 Å². The number of aliphatic hydroxyl groups is 1. The van der Waals surface area contributed by atoms with Gasteiger partial charge in [-0.1, -0.05) is 24.3 Å². The number of ether oxygens (including phenoxy) is 3. The van der Waals surface area contributed by atoms with Crippen LogP contribution in [0.25, 0.3) is 0 Å². The molecule has 0 saturated heterocycles. The van der Waals surface area contributed by atoms with E-state index in [9.17, 15) is 18.3 Å². The van der Waals surface area contributed by atoms with E-state index in [1.807, 2.05) is 12.1 Å². The van der Waals surface area contributed by atoms with Crippen LogP contribution in [0.3, 0.4) is 0 Å². The zero-order chi connectivity index (χ0) is 24.4. The molecule has 1 amide bonds. The first-order chi connectivity index (χ1) is 16.9. The molecule has 2 N–H and O–H groups in total. The number of nitrogens with zero attached hydrogens (tertiary/aromatic N) is 1. The van der Waals surface area contributed by atoms with Gasteiger partial charge >= 0.3 is 0 Å². The van der Waals surface area contributed by atoms with Crippen molar-refractivity contribution >= 4 is 21.6 Å². The minimum absolute atomic E-state index is 0.0357. The standard InChI is InChI=1S/C25H24N2O7S/c28-19(15-32-20-8-9-23-24(13-20)34-16-33-23)14-26-25(29)18-5-3-6-21(12-18)35(30,31)27-11-10-17-4-1-2-7-22(17)27/h1-9,12-13,19,28H,10-11,14-16H2,(H,26,29). The number of amides is 1. The number of sulfonamides is 1. The van der Waals surface area contributed by atoms with E-state index in [-0.39, 0.29) is 30.4 Å². The highest BCUT2D eigenvalue weighted by Gasteiger charge is 2.31. The predicted molar refractivity (Wildman–Crippen MR) is 128 cm³/mol. The summed E-state index contributed by atoms with van der Waals surface area (Å²) < 4.78 is 44.0. The zero-order valence-electron chi connectivity index (χ0n) is 18.7. The van der Waals surface area contributed by atoms with Crippen molar-refractivity contribution in [3.63, 3.8) is 0 Å². The van der Waals surface area contributed by atoms with Crippen LogP contribution in [0.5, 0.6) is 17.2 Å². The Hall–Kier alpha value is -3.76. The largest absolute Gasteiger partial charge is 0.491 e. The minimum Gasteiger partial charge on any atom is -0.491 e. The SMILES string of the molecule is O=C(NCC(O)COc1ccc2c(c1)OCO2)c1cccc(S(=O)(=O)N2CCc3ccccc32)c1. The third-order valence-electron chi connectivity index (χ3n) is 5.81. The fourth-order valence-corrected chi connectivity index (χ4v) is 5.56. The first-order valence-electron chi connectivity index (χ1n) is 11.1. The van der Waals surface area contributed by atoms with Gasteiger partial charge in [-0.05, 0) is 48.4 Å². The van der Waals surface area contributed by atoms with E-state index in [0.29, 0.717) is 35.9 Å². The maximum Gasteiger partial charge on any atom is 0.264 e. The number of nitrogens with one attached hydrogen (secondary N) is 1. The number of hydrogen-bond acceptors (Lipinski definition) is 7. The predicted octanol–water partition coefficient (Wildman–Crippen LogP) is 2.34. The number of para-hydroxylation sites is 1. The molecule has 5 rings (SSSR count). The van der Waals surface area contributed by atoms with Crippen LogP contribution >= 0.6 is 0 Å². The fourth-order valence-electron chi connectivity index (χ4n) is 4.01. The molecule has 2 heterocycles. The second-order valence-corrected chi connectivity index (χ2v) is 10.0. The molecule has 35 heavy (non-hydrogen) atoms. The maximum atomic E-state index is 13.2. The third-order valence-corrected chi connectivity index (χ3v) is 7.62. The van der Waals surface area contributed by atoms with Gasteiger partial charge in [0.05, 0.1) is 10.6 Å². The summed E-state index contributed by atoms with van der Waals surface area (Å²) in [6.07, 6.45) is -0.334. The molecule has 1 atom stereocenters. The summed E-state index contributed by atoms with van der Waals surface area (Å²) in [7, 11) is -3.82. The lowest BCUT2D eigenvalue weighted by Gasteiger charge is -2.20. The molecule has 0 fully saturated rings. The van der Waals surface area contributed by atoms with Gasteiger partial charge in [0.15, 0.2) is 11.5 Å². The van der Waals surface area contributed by atoms with Crippen molar-refractivity contribution in [2.24, 2.45) is 0 Å². The van der Waals surface area contributed by atoms with Crippen molar-refractivity contribution in [3.8, 4) is 17.2 Å². The number of carbonyl (C=O) groups is 1. The Balaban J connectivity index is 1.19. The van der Waals surface area contributed by atoms with Gasteiger partial charge in [0.1, 0.15) is 18.5 Å². The van der Waals surface area contributed by atoms with Gasteiger partial charge in [-0.25, -0.2) is 8.42 Å². The molecule has 1 unspecified atom stereocenters. The molecule has 2 aliphatic heterocycles. The first-order valence-corrected chi connectivity index (χ1v) is 12.6. The molecule has 0 spiro atoms. The fraction of sp³-hybridized carbons (Fsp3) is 0.240. The van der Waals surface area contributed by atoms with Gasteiger partial charge in [-0.3, -0.25) is 9.10 Å². The number of carbonyl (C=O) groups excluding carboxylic acids is 1. The highest BCUT2D eigenvalue weighted by Crippen LogP contribution is 2.35. The third kappa shape index (κ3) is 4.75. The summed E-state index contributed by atoms with van der Waals surface area (Å²) in [5.74, 6) is 1.20. The molecule has 10 heteroatoms. The topological polar surface area (TPSA) is 114 Å². The number of fused-ring (bicyclic) bond motifs is 2. The Kier molecular flexibility index (Phi) is 6.23. The Morgan fingerprint density at radius 1 is 1.06 bits per heavy atom. The van der Waals surface area contributed by atoms with Gasteiger partial charge in [0, 0.05) is 24.7 Å². The summed E-state index contributed by atoms with van der Waals surface area (Å²) in [5, 5.41) is 12.8. The van der Waals surface area contributed by atoms with Crippen molar-refractivity contribution in [1.82, 2.24) is 5.32 Å². The summed E-state index contributed by atoms with van der Waals surface area (Å²) in [6.45, 7) is 0.386. The second kappa shape index (κ2) is 9.47. The average molecular weight is 497 g/mol. The molecule has 3 aromatic rings. The summed E-state index contributed by atoms with van der Waals surface area (Å²) >= 11 is 0. The molecule has 0 bridgehead atoms. The number of benzene rings is 3. The van der Waals surface area contributed by atoms with Gasteiger partial charge < -0.3 is 24.6 Å². The summed E-state index contributed by atoms with van der Waals surface area (Å²) in [4.78, 5) is 12.7. The Labute approximate surface area is 202 Å². The average Bonchev–Trinajstić information content (AvgIpc) is 3.53. The molecule has 9 nitrogen and oxygen atoms in total. The number of anilines is 1. The van der Waals surface area contributed by atoms with Crippen molar-refractivity contribution in [2.75, 3.05) is 30.8 Å². The van der Waals surface area contributed by atoms with Gasteiger partial charge in [0.2, 0.25) is 6.79 Å². The van der Waals surface area contributed by atoms with E-state index in [0.717, 1.165) is 5.56 Å².